The quantitative estimate of drug-likeness (QED) is 0.659. The highest BCUT2D eigenvalue weighted by Crippen LogP contribution is 2.31. The molecule has 0 saturated carbocycles. The first kappa shape index (κ1) is 23.7. The number of amides is 2. The first-order valence-electron chi connectivity index (χ1n) is 11.2. The molecule has 1 aromatic carbocycles. The monoisotopic (exact) mass is 472 g/mol. The maximum Gasteiger partial charge on any atom is 0.416 e. The third kappa shape index (κ3) is 5.04. The van der Waals surface area contributed by atoms with Gasteiger partial charge in [0, 0.05) is 32.7 Å². The average Bonchev–Trinajstić information content (AvgIpc) is 3.08. The van der Waals surface area contributed by atoms with Crippen LogP contribution in [0.25, 0.3) is 0 Å². The third-order valence-electron chi connectivity index (χ3n) is 6.15. The van der Waals surface area contributed by atoms with Crippen LogP contribution in [-0.2, 0) is 11.3 Å². The molecular formula is C23H29FN6O4. The van der Waals surface area contributed by atoms with Crippen LogP contribution in [0.5, 0.6) is 0 Å². The standard InChI is InChI=1S/C23H29FN6O4/c1-15(17-6-4-16(5-7-17)13-28-8-10-29(11-9-28)21(31)32)26-20-25-12-18(24)19(27-20)30-22(33)34-14-23(30,2)3/h4-7,12,15H,8-11,13-14H2,1-3H3,(H,31,32)(H,25,26,27)/t15-/m0/s1. The number of nitrogens with zero attached hydrogens (tertiary/aromatic N) is 5. The first-order chi connectivity index (χ1) is 16.1. The fourth-order valence-electron chi connectivity index (χ4n) is 4.12. The van der Waals surface area contributed by atoms with E-state index in [9.17, 15) is 14.0 Å². The molecule has 2 saturated heterocycles. The zero-order valence-corrected chi connectivity index (χ0v) is 19.5. The van der Waals surface area contributed by atoms with Gasteiger partial charge in [0.05, 0.1) is 17.8 Å². The maximum atomic E-state index is 14.5. The van der Waals surface area contributed by atoms with E-state index in [1.165, 1.54) is 9.80 Å². The largest absolute Gasteiger partial charge is 0.465 e. The molecule has 2 N–H and O–H groups in total. The molecule has 34 heavy (non-hydrogen) atoms. The molecule has 2 amide bonds. The van der Waals surface area contributed by atoms with Crippen molar-refractivity contribution in [1.29, 1.82) is 0 Å². The lowest BCUT2D eigenvalue weighted by Crippen LogP contribution is -2.47. The average molecular weight is 473 g/mol. The molecule has 11 heteroatoms. The van der Waals surface area contributed by atoms with Crippen molar-refractivity contribution < 1.29 is 23.8 Å². The fourth-order valence-corrected chi connectivity index (χ4v) is 4.12. The molecule has 2 aliphatic rings. The van der Waals surface area contributed by atoms with Crippen LogP contribution in [0, 0.1) is 5.82 Å². The third-order valence-corrected chi connectivity index (χ3v) is 6.15. The number of carboxylic acid groups (broad SMARTS) is 1. The highest BCUT2D eigenvalue weighted by Gasteiger charge is 2.43. The summed E-state index contributed by atoms with van der Waals surface area (Å²) in [7, 11) is 0. The summed E-state index contributed by atoms with van der Waals surface area (Å²) in [5.74, 6) is -0.603. The molecule has 3 heterocycles. The normalized spacial score (nSPS) is 19.1. The van der Waals surface area contributed by atoms with Crippen LogP contribution >= 0.6 is 0 Å². The summed E-state index contributed by atoms with van der Waals surface area (Å²) in [6, 6.07) is 7.93. The Labute approximate surface area is 197 Å². The number of anilines is 2. The molecule has 0 aliphatic carbocycles. The highest BCUT2D eigenvalue weighted by molar-refractivity contribution is 5.90. The van der Waals surface area contributed by atoms with Crippen LogP contribution < -0.4 is 10.2 Å². The molecular weight excluding hydrogens is 443 g/mol. The van der Waals surface area contributed by atoms with E-state index >= 15 is 0 Å². The SMILES string of the molecule is C[C@H](Nc1ncc(F)c(N2C(=O)OCC2(C)C)n1)c1ccc(CN2CCN(C(=O)O)CC2)cc1. The number of aromatic nitrogens is 2. The van der Waals surface area contributed by atoms with Gasteiger partial charge in [-0.25, -0.2) is 23.9 Å². The zero-order valence-electron chi connectivity index (χ0n) is 19.5. The number of halogens is 1. The lowest BCUT2D eigenvalue weighted by Gasteiger charge is -2.33. The molecule has 0 radical (unpaired) electrons. The number of rotatable bonds is 6. The molecule has 0 spiro atoms. The molecule has 0 unspecified atom stereocenters. The van der Waals surface area contributed by atoms with Gasteiger partial charge in [0.1, 0.15) is 6.61 Å². The van der Waals surface area contributed by atoms with E-state index in [0.29, 0.717) is 26.2 Å². The van der Waals surface area contributed by atoms with Crippen molar-refractivity contribution in [2.75, 3.05) is 43.0 Å². The number of hydrogen-bond donors (Lipinski definition) is 2. The Morgan fingerprint density at radius 1 is 1.24 bits per heavy atom. The Hall–Kier alpha value is -3.47. The molecule has 0 bridgehead atoms. The molecule has 1 aromatic heterocycles. The van der Waals surface area contributed by atoms with E-state index in [-0.39, 0.29) is 24.4 Å². The van der Waals surface area contributed by atoms with Crippen molar-refractivity contribution >= 4 is 24.0 Å². The predicted molar refractivity (Wildman–Crippen MR) is 123 cm³/mol. The van der Waals surface area contributed by atoms with Gasteiger partial charge in [-0.15, -0.1) is 0 Å². The van der Waals surface area contributed by atoms with E-state index < -0.39 is 23.5 Å². The number of cyclic esters (lactones) is 1. The second kappa shape index (κ2) is 9.41. The lowest BCUT2D eigenvalue weighted by molar-refractivity contribution is 0.103. The van der Waals surface area contributed by atoms with Crippen LogP contribution in [0.1, 0.15) is 37.9 Å². The number of nitrogens with one attached hydrogen (secondary N) is 1. The van der Waals surface area contributed by atoms with Gasteiger partial charge in [-0.1, -0.05) is 24.3 Å². The van der Waals surface area contributed by atoms with Crippen molar-refractivity contribution in [3.05, 3.63) is 47.4 Å². The Kier molecular flexibility index (Phi) is 6.56. The molecule has 4 rings (SSSR count). The summed E-state index contributed by atoms with van der Waals surface area (Å²) in [5, 5.41) is 12.2. The molecule has 2 fully saturated rings. The minimum atomic E-state index is -0.869. The fraction of sp³-hybridized carbons (Fsp3) is 0.478. The number of benzene rings is 1. The minimum Gasteiger partial charge on any atom is -0.465 e. The Bertz CT molecular complexity index is 1060. The molecule has 10 nitrogen and oxygen atoms in total. The summed E-state index contributed by atoms with van der Waals surface area (Å²) in [5.41, 5.74) is 1.41. The molecule has 182 valence electrons. The zero-order chi connectivity index (χ0) is 24.5. The van der Waals surface area contributed by atoms with Crippen LogP contribution in [0.2, 0.25) is 0 Å². The van der Waals surface area contributed by atoms with E-state index in [1.54, 1.807) is 13.8 Å². The van der Waals surface area contributed by atoms with Gasteiger partial charge in [-0.05, 0) is 31.9 Å². The number of ether oxygens (including phenoxy) is 1. The topological polar surface area (TPSA) is 111 Å². The number of carbonyl (C=O) groups is 2. The van der Waals surface area contributed by atoms with Crippen LogP contribution in [0.4, 0.5) is 25.7 Å². The van der Waals surface area contributed by atoms with Gasteiger partial charge in [0.15, 0.2) is 11.6 Å². The van der Waals surface area contributed by atoms with Gasteiger partial charge in [-0.3, -0.25) is 4.90 Å². The van der Waals surface area contributed by atoms with Gasteiger partial charge in [0.2, 0.25) is 5.95 Å². The van der Waals surface area contributed by atoms with Gasteiger partial charge < -0.3 is 20.1 Å². The van der Waals surface area contributed by atoms with Gasteiger partial charge in [0.25, 0.3) is 0 Å². The van der Waals surface area contributed by atoms with E-state index in [1.807, 2.05) is 31.2 Å². The Morgan fingerprint density at radius 2 is 1.91 bits per heavy atom. The van der Waals surface area contributed by atoms with Crippen molar-refractivity contribution in [2.24, 2.45) is 0 Å². The second-order valence-electron chi connectivity index (χ2n) is 9.22. The van der Waals surface area contributed by atoms with Crippen molar-refractivity contribution in [2.45, 2.75) is 38.9 Å². The molecule has 2 aliphatic heterocycles. The van der Waals surface area contributed by atoms with Gasteiger partial charge >= 0.3 is 12.2 Å². The summed E-state index contributed by atoms with van der Waals surface area (Å²) in [4.78, 5) is 36.4. The summed E-state index contributed by atoms with van der Waals surface area (Å²) in [6.07, 6.45) is -0.458. The van der Waals surface area contributed by atoms with E-state index in [0.717, 1.165) is 23.9 Å². The summed E-state index contributed by atoms with van der Waals surface area (Å²) >= 11 is 0. The number of carbonyl (C=O) groups excluding carboxylic acids is 1. The first-order valence-corrected chi connectivity index (χ1v) is 11.2. The number of hydrogen-bond acceptors (Lipinski definition) is 7. The Balaban J connectivity index is 1.39. The predicted octanol–water partition coefficient (Wildman–Crippen LogP) is 3.32. The lowest BCUT2D eigenvalue weighted by atomic mass is 10.1. The van der Waals surface area contributed by atoms with Crippen molar-refractivity contribution in [3.63, 3.8) is 0 Å². The summed E-state index contributed by atoms with van der Waals surface area (Å²) in [6.45, 7) is 8.85. The van der Waals surface area contributed by atoms with E-state index in [2.05, 4.69) is 20.2 Å². The minimum absolute atomic E-state index is 0.115. The number of piperazine rings is 1. The van der Waals surface area contributed by atoms with Crippen LogP contribution in [0.3, 0.4) is 0 Å². The van der Waals surface area contributed by atoms with Crippen LogP contribution in [0.15, 0.2) is 30.5 Å². The van der Waals surface area contributed by atoms with Crippen LogP contribution in [-0.4, -0.2) is 75.4 Å². The smallest absolute Gasteiger partial charge is 0.416 e. The molecule has 1 atom stereocenters. The maximum absolute atomic E-state index is 14.5. The van der Waals surface area contributed by atoms with Crippen molar-refractivity contribution in [3.8, 4) is 0 Å². The second-order valence-corrected chi connectivity index (χ2v) is 9.22. The van der Waals surface area contributed by atoms with Gasteiger partial charge in [-0.2, -0.15) is 4.98 Å². The Morgan fingerprint density at radius 3 is 2.50 bits per heavy atom. The van der Waals surface area contributed by atoms with Crippen molar-refractivity contribution in [1.82, 2.24) is 19.8 Å². The summed E-state index contributed by atoms with van der Waals surface area (Å²) < 4.78 is 19.5. The highest BCUT2D eigenvalue weighted by atomic mass is 19.1. The molecule has 2 aromatic rings. The van der Waals surface area contributed by atoms with E-state index in [4.69, 9.17) is 9.84 Å².